The molecule has 2 N–H and O–H groups in total. The molecule has 1 aromatic rings. The number of alkyl halides is 1. The van der Waals surface area contributed by atoms with Gasteiger partial charge >= 0.3 is 0 Å². The van der Waals surface area contributed by atoms with Crippen molar-refractivity contribution in [2.24, 2.45) is 0 Å². The molecule has 1 fully saturated rings. The summed E-state index contributed by atoms with van der Waals surface area (Å²) in [6.45, 7) is 0. The summed E-state index contributed by atoms with van der Waals surface area (Å²) >= 11 is 5.71. The Morgan fingerprint density at radius 3 is 2.79 bits per heavy atom. The van der Waals surface area contributed by atoms with Crippen molar-refractivity contribution in [1.29, 1.82) is 0 Å². The second kappa shape index (κ2) is 6.92. The van der Waals surface area contributed by atoms with E-state index < -0.39 is 0 Å². The molecule has 2 atom stereocenters. The van der Waals surface area contributed by atoms with Crippen LogP contribution < -0.4 is 5.32 Å². The molecule has 2 rings (SSSR count). The van der Waals surface area contributed by atoms with E-state index in [1.807, 2.05) is 22.6 Å². The lowest BCUT2D eigenvalue weighted by Gasteiger charge is -2.21. The number of aromatic hydroxyl groups is 1. The summed E-state index contributed by atoms with van der Waals surface area (Å²) in [4.78, 5) is 12.5. The van der Waals surface area contributed by atoms with E-state index in [0.29, 0.717) is 10.4 Å². The molecule has 0 spiro atoms. The molecule has 0 heterocycles. The minimum atomic E-state index is -0.108. The predicted octanol–water partition coefficient (Wildman–Crippen LogP) is 3.82. The lowest BCUT2D eigenvalue weighted by Crippen LogP contribution is -2.40. The van der Waals surface area contributed by atoms with Crippen molar-refractivity contribution in [3.05, 3.63) is 27.3 Å². The first-order chi connectivity index (χ1) is 9.08. The van der Waals surface area contributed by atoms with Crippen LogP contribution in [0.5, 0.6) is 5.75 Å². The summed E-state index contributed by atoms with van der Waals surface area (Å²) in [6.07, 6.45) is 5.72. The molecule has 5 heteroatoms. The van der Waals surface area contributed by atoms with Gasteiger partial charge in [-0.15, -0.1) is 0 Å². The third-order valence-corrected chi connectivity index (χ3v) is 5.46. The number of benzene rings is 1. The van der Waals surface area contributed by atoms with Gasteiger partial charge in [-0.05, 0) is 53.6 Å². The average Bonchev–Trinajstić information content (AvgIpc) is 2.58. The van der Waals surface area contributed by atoms with Crippen molar-refractivity contribution >= 4 is 44.4 Å². The van der Waals surface area contributed by atoms with E-state index in [1.165, 1.54) is 18.9 Å². The fourth-order valence-electron chi connectivity index (χ4n) is 2.33. The molecule has 0 saturated heterocycles. The number of nitrogens with one attached hydrogen (secondary N) is 1. The van der Waals surface area contributed by atoms with Gasteiger partial charge in [0.05, 0.1) is 3.57 Å². The lowest BCUT2D eigenvalue weighted by molar-refractivity contribution is 0.0934. The monoisotopic (exact) mass is 437 g/mol. The first-order valence-electron chi connectivity index (χ1n) is 6.51. The van der Waals surface area contributed by atoms with Gasteiger partial charge < -0.3 is 10.4 Å². The van der Waals surface area contributed by atoms with Crippen molar-refractivity contribution in [3.8, 4) is 5.75 Å². The fourth-order valence-corrected chi connectivity index (χ4v) is 3.39. The van der Waals surface area contributed by atoms with E-state index in [1.54, 1.807) is 12.1 Å². The number of carbonyl (C=O) groups is 1. The molecule has 0 bridgehead atoms. The Morgan fingerprint density at radius 1 is 1.32 bits per heavy atom. The largest absolute Gasteiger partial charge is 0.507 e. The van der Waals surface area contributed by atoms with Crippen LogP contribution >= 0.6 is 38.5 Å². The number of carbonyl (C=O) groups excluding carboxylic acids is 1. The van der Waals surface area contributed by atoms with Crippen LogP contribution in [-0.4, -0.2) is 21.9 Å². The van der Waals surface area contributed by atoms with Crippen LogP contribution in [0.2, 0.25) is 0 Å². The average molecular weight is 438 g/mol. The van der Waals surface area contributed by atoms with Crippen molar-refractivity contribution in [3.63, 3.8) is 0 Å². The van der Waals surface area contributed by atoms with Gasteiger partial charge in [0.25, 0.3) is 5.91 Å². The number of phenols is 1. The third-order valence-electron chi connectivity index (χ3n) is 3.46. The molecule has 2 unspecified atom stereocenters. The Hall–Kier alpha value is -0.300. The van der Waals surface area contributed by atoms with Crippen LogP contribution in [0.15, 0.2) is 18.2 Å². The first kappa shape index (κ1) is 15.1. The summed E-state index contributed by atoms with van der Waals surface area (Å²) in [6, 6.07) is 5.20. The Bertz CT molecular complexity index is 467. The van der Waals surface area contributed by atoms with Gasteiger partial charge in [-0.3, -0.25) is 4.79 Å². The fraction of sp³-hybridized carbons (Fsp3) is 0.500. The molecule has 1 aliphatic rings. The van der Waals surface area contributed by atoms with Gasteiger partial charge in [0.2, 0.25) is 0 Å². The van der Waals surface area contributed by atoms with Gasteiger partial charge in [0.15, 0.2) is 0 Å². The minimum absolute atomic E-state index is 0.108. The van der Waals surface area contributed by atoms with Gasteiger partial charge in [-0.1, -0.05) is 35.2 Å². The summed E-state index contributed by atoms with van der Waals surface area (Å²) in [5, 5.41) is 12.7. The van der Waals surface area contributed by atoms with Crippen LogP contribution in [-0.2, 0) is 0 Å². The maximum atomic E-state index is 12.2. The molecule has 1 aliphatic carbocycles. The second-order valence-electron chi connectivity index (χ2n) is 4.90. The molecule has 0 aliphatic heterocycles. The van der Waals surface area contributed by atoms with Crippen molar-refractivity contribution < 1.29 is 9.90 Å². The van der Waals surface area contributed by atoms with Crippen molar-refractivity contribution in [2.45, 2.75) is 43.0 Å². The summed E-state index contributed by atoms with van der Waals surface area (Å²) < 4.78 is 0.752. The van der Waals surface area contributed by atoms with Crippen LogP contribution in [0.4, 0.5) is 0 Å². The standard InChI is InChI=1S/C14H17BrINO2/c15-10-4-2-1-3-5-12(10)17-14(19)9-6-7-11(16)13(18)8-9/h6-8,10,12,18H,1-5H2,(H,17,19). The zero-order valence-corrected chi connectivity index (χ0v) is 14.3. The quantitative estimate of drug-likeness (QED) is 0.419. The van der Waals surface area contributed by atoms with E-state index >= 15 is 0 Å². The van der Waals surface area contributed by atoms with E-state index in [2.05, 4.69) is 21.2 Å². The smallest absolute Gasteiger partial charge is 0.251 e. The molecule has 0 aromatic heterocycles. The minimum Gasteiger partial charge on any atom is -0.507 e. The zero-order chi connectivity index (χ0) is 13.8. The maximum absolute atomic E-state index is 12.2. The number of hydrogen-bond acceptors (Lipinski definition) is 2. The highest BCUT2D eigenvalue weighted by Crippen LogP contribution is 2.25. The van der Waals surface area contributed by atoms with Crippen LogP contribution in [0.1, 0.15) is 42.5 Å². The third kappa shape index (κ3) is 4.08. The van der Waals surface area contributed by atoms with E-state index in [4.69, 9.17) is 0 Å². The van der Waals surface area contributed by atoms with Gasteiger partial charge in [0, 0.05) is 16.4 Å². The highest BCUT2D eigenvalue weighted by atomic mass is 127. The molecular formula is C14H17BrINO2. The SMILES string of the molecule is O=C(NC1CCCCCC1Br)c1ccc(I)c(O)c1. The first-order valence-corrected chi connectivity index (χ1v) is 8.51. The highest BCUT2D eigenvalue weighted by molar-refractivity contribution is 14.1. The summed E-state index contributed by atoms with van der Waals surface area (Å²) in [5.41, 5.74) is 0.516. The van der Waals surface area contributed by atoms with Gasteiger partial charge in [-0.2, -0.15) is 0 Å². The Balaban J connectivity index is 2.05. The Kier molecular flexibility index (Phi) is 5.50. The zero-order valence-electron chi connectivity index (χ0n) is 10.5. The predicted molar refractivity (Wildman–Crippen MR) is 87.9 cm³/mol. The van der Waals surface area contributed by atoms with Crippen LogP contribution in [0.25, 0.3) is 0 Å². The number of amides is 1. The second-order valence-corrected chi connectivity index (χ2v) is 7.24. The Labute approximate surface area is 135 Å². The summed E-state index contributed by atoms with van der Waals surface area (Å²) in [7, 11) is 0. The number of rotatable bonds is 2. The molecule has 1 saturated carbocycles. The molecule has 19 heavy (non-hydrogen) atoms. The molecule has 1 aromatic carbocycles. The maximum Gasteiger partial charge on any atom is 0.251 e. The molecule has 3 nitrogen and oxygen atoms in total. The molecule has 104 valence electrons. The van der Waals surface area contributed by atoms with Crippen molar-refractivity contribution in [2.75, 3.05) is 0 Å². The Morgan fingerprint density at radius 2 is 2.05 bits per heavy atom. The van der Waals surface area contributed by atoms with E-state index in [0.717, 1.165) is 22.8 Å². The van der Waals surface area contributed by atoms with Gasteiger partial charge in [0.1, 0.15) is 5.75 Å². The molecule has 1 amide bonds. The van der Waals surface area contributed by atoms with Gasteiger partial charge in [-0.25, -0.2) is 0 Å². The van der Waals surface area contributed by atoms with Crippen LogP contribution in [0.3, 0.4) is 0 Å². The van der Waals surface area contributed by atoms with Crippen LogP contribution in [0, 0.1) is 3.57 Å². The molecular weight excluding hydrogens is 421 g/mol. The number of halogens is 2. The van der Waals surface area contributed by atoms with E-state index in [-0.39, 0.29) is 17.7 Å². The number of hydrogen-bond donors (Lipinski definition) is 2. The topological polar surface area (TPSA) is 49.3 Å². The number of phenolic OH excluding ortho intramolecular Hbond substituents is 1. The van der Waals surface area contributed by atoms with Crippen molar-refractivity contribution in [1.82, 2.24) is 5.32 Å². The summed E-state index contributed by atoms with van der Waals surface area (Å²) in [5.74, 6) is 0.0487. The molecule has 0 radical (unpaired) electrons. The van der Waals surface area contributed by atoms with E-state index in [9.17, 15) is 9.90 Å². The highest BCUT2D eigenvalue weighted by Gasteiger charge is 2.23. The normalized spacial score (nSPS) is 23.7. The lowest BCUT2D eigenvalue weighted by atomic mass is 10.1.